The van der Waals surface area contributed by atoms with Crippen LogP contribution < -0.4 is 0 Å². The predicted octanol–water partition coefficient (Wildman–Crippen LogP) is 2.64. The lowest BCUT2D eigenvalue weighted by atomic mass is 9.99. The van der Waals surface area contributed by atoms with Crippen LogP contribution in [0.1, 0.15) is 28.7 Å². The van der Waals surface area contributed by atoms with Crippen LogP contribution in [-0.2, 0) is 6.54 Å². The molecule has 1 aliphatic heterocycles. The van der Waals surface area contributed by atoms with E-state index in [0.29, 0.717) is 6.42 Å². The zero-order chi connectivity index (χ0) is 14.5. The lowest BCUT2D eigenvalue weighted by Gasteiger charge is -2.34. The highest BCUT2D eigenvalue weighted by molar-refractivity contribution is 5.37. The lowest BCUT2D eigenvalue weighted by Crippen LogP contribution is -2.46. The molecule has 1 aromatic carbocycles. The number of benzene rings is 1. The van der Waals surface area contributed by atoms with Crippen LogP contribution in [0, 0.1) is 32.1 Å². The molecule has 0 atom stereocenters. The summed E-state index contributed by atoms with van der Waals surface area (Å²) in [6, 6.07) is 6.80. The van der Waals surface area contributed by atoms with Gasteiger partial charge in [0.25, 0.3) is 0 Å². The number of rotatable bonds is 4. The molecule has 1 saturated heterocycles. The molecule has 0 N–H and O–H groups in total. The Morgan fingerprint density at radius 1 is 1.00 bits per heavy atom. The summed E-state index contributed by atoms with van der Waals surface area (Å²) in [6.45, 7) is 13.0. The fourth-order valence-electron chi connectivity index (χ4n) is 3.06. The standard InChI is InChI=1S/C17H25N3/c1-14-11-15(2)17(16(3)12-14)13-20-9-7-19(8-10-20)6-4-5-18/h11-12H,4,6-10,13H2,1-3H3. The SMILES string of the molecule is Cc1cc(C)c(CN2CCN(CCC#N)CC2)c(C)c1. The van der Waals surface area contributed by atoms with E-state index in [-0.39, 0.29) is 0 Å². The van der Waals surface area contributed by atoms with Gasteiger partial charge in [0.15, 0.2) is 0 Å². The van der Waals surface area contributed by atoms with Gasteiger partial charge in [0.05, 0.1) is 6.07 Å². The first-order valence-electron chi connectivity index (χ1n) is 7.48. The second kappa shape index (κ2) is 6.88. The molecule has 0 bridgehead atoms. The van der Waals surface area contributed by atoms with Crippen molar-refractivity contribution in [1.82, 2.24) is 9.80 Å². The first-order chi connectivity index (χ1) is 9.60. The van der Waals surface area contributed by atoms with Gasteiger partial charge in [-0.1, -0.05) is 17.7 Å². The van der Waals surface area contributed by atoms with Crippen molar-refractivity contribution in [3.63, 3.8) is 0 Å². The fourth-order valence-corrected chi connectivity index (χ4v) is 3.06. The summed E-state index contributed by atoms with van der Waals surface area (Å²) >= 11 is 0. The van der Waals surface area contributed by atoms with Crippen LogP contribution in [0.5, 0.6) is 0 Å². The molecule has 0 amide bonds. The average molecular weight is 271 g/mol. The highest BCUT2D eigenvalue weighted by Gasteiger charge is 2.17. The van der Waals surface area contributed by atoms with Crippen molar-refractivity contribution in [3.05, 3.63) is 34.4 Å². The van der Waals surface area contributed by atoms with E-state index in [2.05, 4.69) is 48.8 Å². The molecule has 3 nitrogen and oxygen atoms in total. The molecule has 108 valence electrons. The van der Waals surface area contributed by atoms with Gasteiger partial charge in [-0.3, -0.25) is 9.80 Å². The van der Waals surface area contributed by atoms with Crippen LogP contribution in [0.4, 0.5) is 0 Å². The first-order valence-corrected chi connectivity index (χ1v) is 7.48. The number of piperazine rings is 1. The second-order valence-corrected chi connectivity index (χ2v) is 5.90. The molecule has 1 heterocycles. The van der Waals surface area contributed by atoms with Gasteiger partial charge >= 0.3 is 0 Å². The summed E-state index contributed by atoms with van der Waals surface area (Å²) in [5, 5.41) is 8.64. The Bertz CT molecular complexity index is 470. The van der Waals surface area contributed by atoms with Crippen molar-refractivity contribution in [2.75, 3.05) is 32.7 Å². The molecule has 0 spiro atoms. The third-order valence-corrected chi connectivity index (χ3v) is 4.23. The van der Waals surface area contributed by atoms with Crippen molar-refractivity contribution >= 4 is 0 Å². The summed E-state index contributed by atoms with van der Waals surface area (Å²) in [7, 11) is 0. The van der Waals surface area contributed by atoms with Gasteiger partial charge in [0, 0.05) is 45.7 Å². The molecule has 1 aliphatic rings. The monoisotopic (exact) mass is 271 g/mol. The van der Waals surface area contributed by atoms with Crippen molar-refractivity contribution in [1.29, 1.82) is 5.26 Å². The van der Waals surface area contributed by atoms with Gasteiger partial charge in [0.1, 0.15) is 0 Å². The highest BCUT2D eigenvalue weighted by atomic mass is 15.3. The van der Waals surface area contributed by atoms with Crippen LogP contribution in [-0.4, -0.2) is 42.5 Å². The van der Waals surface area contributed by atoms with Gasteiger partial charge in [-0.2, -0.15) is 5.26 Å². The summed E-state index contributed by atoms with van der Waals surface area (Å²) in [5.74, 6) is 0. The predicted molar refractivity (Wildman–Crippen MR) is 82.6 cm³/mol. The molecule has 2 rings (SSSR count). The van der Waals surface area contributed by atoms with Crippen LogP contribution in [0.2, 0.25) is 0 Å². The molecular weight excluding hydrogens is 246 g/mol. The van der Waals surface area contributed by atoms with Crippen molar-refractivity contribution in [2.45, 2.75) is 33.7 Å². The molecular formula is C17H25N3. The summed E-state index contributed by atoms with van der Waals surface area (Å²) in [4.78, 5) is 4.93. The number of hydrogen-bond acceptors (Lipinski definition) is 3. The zero-order valence-corrected chi connectivity index (χ0v) is 12.9. The van der Waals surface area contributed by atoms with E-state index in [0.717, 1.165) is 39.3 Å². The summed E-state index contributed by atoms with van der Waals surface area (Å²) in [5.41, 5.74) is 5.66. The van der Waals surface area contributed by atoms with E-state index in [1.807, 2.05) is 0 Å². The van der Waals surface area contributed by atoms with Crippen molar-refractivity contribution in [3.8, 4) is 6.07 Å². The maximum absolute atomic E-state index is 8.64. The Labute approximate surface area is 122 Å². The molecule has 0 aromatic heterocycles. The van der Waals surface area contributed by atoms with Crippen LogP contribution in [0.25, 0.3) is 0 Å². The molecule has 1 aromatic rings. The van der Waals surface area contributed by atoms with E-state index >= 15 is 0 Å². The molecule has 0 radical (unpaired) electrons. The third kappa shape index (κ3) is 3.82. The Kier molecular flexibility index (Phi) is 5.17. The highest BCUT2D eigenvalue weighted by Crippen LogP contribution is 2.19. The minimum absolute atomic E-state index is 0.649. The van der Waals surface area contributed by atoms with Gasteiger partial charge in [-0.15, -0.1) is 0 Å². The molecule has 0 aliphatic carbocycles. The van der Waals surface area contributed by atoms with Crippen LogP contribution in [0.3, 0.4) is 0 Å². The third-order valence-electron chi connectivity index (χ3n) is 4.23. The Balaban J connectivity index is 1.92. The lowest BCUT2D eigenvalue weighted by molar-refractivity contribution is 0.129. The minimum Gasteiger partial charge on any atom is -0.300 e. The van der Waals surface area contributed by atoms with E-state index in [1.165, 1.54) is 22.3 Å². The quantitative estimate of drug-likeness (QED) is 0.843. The van der Waals surface area contributed by atoms with E-state index in [1.54, 1.807) is 0 Å². The van der Waals surface area contributed by atoms with Gasteiger partial charge in [-0.05, 0) is 37.5 Å². The molecule has 3 heteroatoms. The van der Waals surface area contributed by atoms with Crippen LogP contribution in [0.15, 0.2) is 12.1 Å². The van der Waals surface area contributed by atoms with Gasteiger partial charge in [0.2, 0.25) is 0 Å². The number of aryl methyl sites for hydroxylation is 3. The second-order valence-electron chi connectivity index (χ2n) is 5.90. The Morgan fingerprint density at radius 2 is 1.55 bits per heavy atom. The molecule has 0 saturated carbocycles. The Hall–Kier alpha value is -1.37. The maximum Gasteiger partial charge on any atom is 0.0635 e. The number of hydrogen-bond donors (Lipinski definition) is 0. The summed E-state index contributed by atoms with van der Waals surface area (Å²) in [6.07, 6.45) is 0.649. The molecule has 1 fully saturated rings. The van der Waals surface area contributed by atoms with E-state index < -0.39 is 0 Å². The minimum atomic E-state index is 0.649. The molecule has 0 unspecified atom stereocenters. The smallest absolute Gasteiger partial charge is 0.0635 e. The van der Waals surface area contributed by atoms with E-state index in [9.17, 15) is 0 Å². The zero-order valence-electron chi connectivity index (χ0n) is 12.9. The Morgan fingerprint density at radius 3 is 2.10 bits per heavy atom. The number of nitriles is 1. The molecule has 20 heavy (non-hydrogen) atoms. The summed E-state index contributed by atoms with van der Waals surface area (Å²) < 4.78 is 0. The van der Waals surface area contributed by atoms with Gasteiger partial charge in [-0.25, -0.2) is 0 Å². The van der Waals surface area contributed by atoms with Gasteiger partial charge < -0.3 is 0 Å². The average Bonchev–Trinajstić information content (AvgIpc) is 2.42. The fraction of sp³-hybridized carbons (Fsp3) is 0.588. The van der Waals surface area contributed by atoms with Crippen molar-refractivity contribution < 1.29 is 0 Å². The first kappa shape index (κ1) is 15.0. The normalized spacial score (nSPS) is 17.1. The largest absolute Gasteiger partial charge is 0.300 e. The van der Waals surface area contributed by atoms with E-state index in [4.69, 9.17) is 5.26 Å². The van der Waals surface area contributed by atoms with Crippen LogP contribution >= 0.6 is 0 Å². The van der Waals surface area contributed by atoms with Crippen molar-refractivity contribution in [2.24, 2.45) is 0 Å². The topological polar surface area (TPSA) is 30.3 Å². The maximum atomic E-state index is 8.64. The number of nitrogens with zero attached hydrogens (tertiary/aromatic N) is 3.